The molecule has 32 heavy (non-hydrogen) atoms. The van der Waals surface area contributed by atoms with Gasteiger partial charge in [0, 0.05) is 22.0 Å². The lowest BCUT2D eigenvalue weighted by atomic mass is 9.96. The summed E-state index contributed by atoms with van der Waals surface area (Å²) in [5.41, 5.74) is 4.33. The van der Waals surface area contributed by atoms with Gasteiger partial charge in [0.15, 0.2) is 0 Å². The molecular formula is C26H25BrN2O3. The summed E-state index contributed by atoms with van der Waals surface area (Å²) in [5, 5.41) is 7.13. The van der Waals surface area contributed by atoms with Gasteiger partial charge in [0.25, 0.3) is 0 Å². The highest BCUT2D eigenvalue weighted by Gasteiger charge is 2.41. The summed E-state index contributed by atoms with van der Waals surface area (Å²) in [6, 6.07) is 22.5. The maximum absolute atomic E-state index is 6.47. The Morgan fingerprint density at radius 3 is 2.50 bits per heavy atom. The smallest absolute Gasteiger partial charge is 0.213 e. The molecule has 0 N–H and O–H groups in total. The van der Waals surface area contributed by atoms with E-state index in [2.05, 4.69) is 58.2 Å². The molecule has 0 bridgehead atoms. The molecule has 2 aliphatic heterocycles. The number of hydrogen-bond acceptors (Lipinski definition) is 5. The minimum Gasteiger partial charge on any atom is -0.497 e. The molecule has 5 nitrogen and oxygen atoms in total. The SMILES string of the molecule is CCCOc1ccc([C@@H]2Oc3ccc(Br)cc3[C@H]3CC(c4ccc(OC)cc4)=NN32)cc1. The largest absolute Gasteiger partial charge is 0.497 e. The van der Waals surface area contributed by atoms with E-state index in [-0.39, 0.29) is 12.3 Å². The van der Waals surface area contributed by atoms with E-state index in [1.807, 2.05) is 36.4 Å². The van der Waals surface area contributed by atoms with Crippen LogP contribution < -0.4 is 14.2 Å². The lowest BCUT2D eigenvalue weighted by molar-refractivity contribution is -0.0191. The van der Waals surface area contributed by atoms with Crippen LogP contribution in [0.3, 0.4) is 0 Å². The molecule has 3 aromatic rings. The number of rotatable bonds is 6. The third-order valence-corrected chi connectivity index (χ3v) is 6.31. The molecule has 6 heteroatoms. The van der Waals surface area contributed by atoms with Gasteiger partial charge in [-0.3, -0.25) is 0 Å². The molecule has 3 aromatic carbocycles. The summed E-state index contributed by atoms with van der Waals surface area (Å²) in [5.74, 6) is 2.61. The number of methoxy groups -OCH3 is 1. The maximum Gasteiger partial charge on any atom is 0.213 e. The standard InChI is InChI=1S/C26H25BrN2O3/c1-3-14-31-21-11-6-18(7-12-21)26-29-24(22-15-19(27)8-13-25(22)32-26)16-23(28-29)17-4-9-20(30-2)10-5-17/h4-13,15,24,26H,3,14,16H2,1-2H3/t24-,26+/m1/s1. The first-order valence-corrected chi connectivity index (χ1v) is 11.6. The molecule has 0 aromatic heterocycles. The molecular weight excluding hydrogens is 468 g/mol. The zero-order valence-corrected chi connectivity index (χ0v) is 19.7. The van der Waals surface area contributed by atoms with Gasteiger partial charge in [-0.1, -0.05) is 22.9 Å². The number of ether oxygens (including phenoxy) is 3. The second kappa shape index (κ2) is 8.87. The Kier molecular flexibility index (Phi) is 5.79. The molecule has 164 valence electrons. The predicted octanol–water partition coefficient (Wildman–Crippen LogP) is 6.49. The van der Waals surface area contributed by atoms with Gasteiger partial charge in [-0.25, -0.2) is 5.01 Å². The Hall–Kier alpha value is -2.99. The number of benzene rings is 3. The molecule has 0 aliphatic carbocycles. The van der Waals surface area contributed by atoms with E-state index in [9.17, 15) is 0 Å². The zero-order chi connectivity index (χ0) is 22.1. The fourth-order valence-electron chi connectivity index (χ4n) is 4.18. The van der Waals surface area contributed by atoms with Crippen molar-refractivity contribution in [1.29, 1.82) is 0 Å². The van der Waals surface area contributed by atoms with Gasteiger partial charge in [0.1, 0.15) is 17.2 Å². The van der Waals surface area contributed by atoms with E-state index in [1.54, 1.807) is 7.11 Å². The summed E-state index contributed by atoms with van der Waals surface area (Å²) in [6.07, 6.45) is 1.50. The second-order valence-electron chi connectivity index (χ2n) is 7.94. The Labute approximate surface area is 196 Å². The molecule has 0 saturated heterocycles. The first-order valence-electron chi connectivity index (χ1n) is 10.9. The van der Waals surface area contributed by atoms with Crippen LogP contribution in [0.15, 0.2) is 76.3 Å². The van der Waals surface area contributed by atoms with Crippen LogP contribution in [0.5, 0.6) is 17.2 Å². The first kappa shape index (κ1) is 20.9. The molecule has 0 spiro atoms. The normalized spacial score (nSPS) is 19.0. The lowest BCUT2D eigenvalue weighted by Crippen LogP contribution is -2.33. The van der Waals surface area contributed by atoms with E-state index in [4.69, 9.17) is 19.3 Å². The average Bonchev–Trinajstić information content (AvgIpc) is 3.29. The van der Waals surface area contributed by atoms with Crippen molar-refractivity contribution in [1.82, 2.24) is 5.01 Å². The Bertz CT molecular complexity index is 1130. The van der Waals surface area contributed by atoms with Gasteiger partial charge in [0.2, 0.25) is 6.23 Å². The number of hydrazone groups is 1. The van der Waals surface area contributed by atoms with Crippen LogP contribution in [0.25, 0.3) is 0 Å². The van der Waals surface area contributed by atoms with Crippen molar-refractivity contribution in [3.8, 4) is 17.2 Å². The van der Waals surface area contributed by atoms with E-state index in [0.717, 1.165) is 57.0 Å². The van der Waals surface area contributed by atoms with Crippen LogP contribution in [0.4, 0.5) is 0 Å². The fourth-order valence-corrected chi connectivity index (χ4v) is 4.56. The van der Waals surface area contributed by atoms with Gasteiger partial charge in [-0.2, -0.15) is 5.10 Å². The molecule has 2 aliphatic rings. The highest BCUT2D eigenvalue weighted by atomic mass is 79.9. The molecule has 0 fully saturated rings. The van der Waals surface area contributed by atoms with Crippen molar-refractivity contribution in [2.75, 3.05) is 13.7 Å². The summed E-state index contributed by atoms with van der Waals surface area (Å²) >= 11 is 3.61. The van der Waals surface area contributed by atoms with Crippen molar-refractivity contribution in [2.45, 2.75) is 32.0 Å². The van der Waals surface area contributed by atoms with Gasteiger partial charge in [-0.15, -0.1) is 0 Å². The molecule has 0 radical (unpaired) electrons. The van der Waals surface area contributed by atoms with Crippen molar-refractivity contribution in [3.63, 3.8) is 0 Å². The first-order chi connectivity index (χ1) is 15.7. The second-order valence-corrected chi connectivity index (χ2v) is 8.86. The molecule has 0 saturated carbocycles. The lowest BCUT2D eigenvalue weighted by Gasteiger charge is -2.38. The van der Waals surface area contributed by atoms with Crippen LogP contribution >= 0.6 is 15.9 Å². The molecule has 2 atom stereocenters. The van der Waals surface area contributed by atoms with Gasteiger partial charge in [-0.05, 0) is 78.7 Å². The Morgan fingerprint density at radius 1 is 1.03 bits per heavy atom. The summed E-state index contributed by atoms with van der Waals surface area (Å²) in [7, 11) is 1.68. The van der Waals surface area contributed by atoms with E-state index in [0.29, 0.717) is 6.61 Å². The number of nitrogens with zero attached hydrogens (tertiary/aromatic N) is 2. The molecule has 0 amide bonds. The summed E-state index contributed by atoms with van der Waals surface area (Å²) in [4.78, 5) is 0. The van der Waals surface area contributed by atoms with E-state index >= 15 is 0 Å². The quantitative estimate of drug-likeness (QED) is 0.394. The maximum atomic E-state index is 6.47. The van der Waals surface area contributed by atoms with Crippen LogP contribution in [0, 0.1) is 0 Å². The van der Waals surface area contributed by atoms with Crippen LogP contribution in [0.1, 0.15) is 48.7 Å². The van der Waals surface area contributed by atoms with Crippen LogP contribution in [-0.4, -0.2) is 24.4 Å². The zero-order valence-electron chi connectivity index (χ0n) is 18.1. The van der Waals surface area contributed by atoms with Crippen molar-refractivity contribution in [3.05, 3.63) is 87.9 Å². The van der Waals surface area contributed by atoms with Crippen molar-refractivity contribution < 1.29 is 14.2 Å². The van der Waals surface area contributed by atoms with Crippen LogP contribution in [-0.2, 0) is 0 Å². The van der Waals surface area contributed by atoms with Gasteiger partial charge >= 0.3 is 0 Å². The van der Waals surface area contributed by atoms with E-state index < -0.39 is 0 Å². The minimum absolute atomic E-state index is 0.106. The monoisotopic (exact) mass is 492 g/mol. The van der Waals surface area contributed by atoms with Gasteiger partial charge in [0.05, 0.1) is 25.5 Å². The fraction of sp³-hybridized carbons (Fsp3) is 0.269. The molecule has 0 unspecified atom stereocenters. The average molecular weight is 493 g/mol. The third kappa shape index (κ3) is 3.95. The van der Waals surface area contributed by atoms with Crippen LogP contribution in [0.2, 0.25) is 0 Å². The minimum atomic E-state index is -0.301. The Morgan fingerprint density at radius 2 is 1.78 bits per heavy atom. The number of halogens is 1. The van der Waals surface area contributed by atoms with Gasteiger partial charge < -0.3 is 14.2 Å². The third-order valence-electron chi connectivity index (χ3n) is 5.81. The summed E-state index contributed by atoms with van der Waals surface area (Å²) in [6.45, 7) is 2.82. The van der Waals surface area contributed by atoms with Crippen molar-refractivity contribution in [2.24, 2.45) is 5.10 Å². The topological polar surface area (TPSA) is 43.3 Å². The number of hydrogen-bond donors (Lipinski definition) is 0. The number of fused-ring (bicyclic) bond motifs is 3. The predicted molar refractivity (Wildman–Crippen MR) is 128 cm³/mol. The summed E-state index contributed by atoms with van der Waals surface area (Å²) < 4.78 is 18.6. The van der Waals surface area contributed by atoms with E-state index in [1.165, 1.54) is 0 Å². The Balaban J connectivity index is 1.50. The highest BCUT2D eigenvalue weighted by molar-refractivity contribution is 9.10. The molecule has 2 heterocycles. The molecule has 5 rings (SSSR count). The van der Waals surface area contributed by atoms with Crippen molar-refractivity contribution >= 4 is 21.6 Å². The highest BCUT2D eigenvalue weighted by Crippen LogP contribution is 2.48.